The summed E-state index contributed by atoms with van der Waals surface area (Å²) in [6, 6.07) is 6.46. The lowest BCUT2D eigenvalue weighted by molar-refractivity contribution is -0.124. The Balaban J connectivity index is 1.76. The van der Waals surface area contributed by atoms with Gasteiger partial charge in [-0.3, -0.25) is 14.6 Å². The minimum Gasteiger partial charge on any atom is -0.337 e. The maximum absolute atomic E-state index is 12.2. The van der Waals surface area contributed by atoms with Crippen LogP contribution in [0.5, 0.6) is 0 Å². The number of rotatable bonds is 6. The molecule has 1 saturated heterocycles. The van der Waals surface area contributed by atoms with Gasteiger partial charge in [0.25, 0.3) is 0 Å². The Morgan fingerprint density at radius 3 is 2.50 bits per heavy atom. The molecule has 0 aliphatic carbocycles. The van der Waals surface area contributed by atoms with E-state index in [1.54, 1.807) is 18.3 Å². The van der Waals surface area contributed by atoms with Gasteiger partial charge in [-0.05, 0) is 40.9 Å². The summed E-state index contributed by atoms with van der Waals surface area (Å²) in [6.45, 7) is 10.7. The first-order chi connectivity index (χ1) is 11.3. The fourth-order valence-electron chi connectivity index (χ4n) is 2.60. The average molecular weight is 413 g/mol. The van der Waals surface area contributed by atoms with Crippen molar-refractivity contribution in [3.8, 4) is 6.07 Å². The van der Waals surface area contributed by atoms with E-state index in [0.717, 1.165) is 32.7 Å². The van der Waals surface area contributed by atoms with E-state index in [4.69, 9.17) is 0 Å². The molecule has 0 saturated carbocycles. The van der Waals surface area contributed by atoms with E-state index in [0.29, 0.717) is 6.54 Å². The molecule has 1 fully saturated rings. The molecule has 5 nitrogen and oxygen atoms in total. The number of hydrogen-bond donors (Lipinski definition) is 1. The van der Waals surface area contributed by atoms with Gasteiger partial charge in [0, 0.05) is 37.6 Å². The summed E-state index contributed by atoms with van der Waals surface area (Å²) >= 11 is 5.27. The summed E-state index contributed by atoms with van der Waals surface area (Å²) in [5.74, 6) is 0.0109. The molecule has 2 heterocycles. The van der Waals surface area contributed by atoms with E-state index in [1.165, 1.54) is 8.66 Å². The van der Waals surface area contributed by atoms with Gasteiger partial charge in [0.1, 0.15) is 5.54 Å². The molecule has 0 aromatic carbocycles. The summed E-state index contributed by atoms with van der Waals surface area (Å²) < 4.78 is 1.17. The molecule has 1 aromatic rings. The van der Waals surface area contributed by atoms with Crippen LogP contribution in [-0.2, 0) is 11.3 Å². The van der Waals surface area contributed by atoms with Crippen LogP contribution >= 0.6 is 27.3 Å². The zero-order chi connectivity index (χ0) is 17.7. The molecule has 7 heteroatoms. The number of piperazine rings is 1. The summed E-state index contributed by atoms with van der Waals surface area (Å²) in [4.78, 5) is 18.2. The third kappa shape index (κ3) is 5.28. The number of halogens is 1. The van der Waals surface area contributed by atoms with Gasteiger partial charge >= 0.3 is 0 Å². The van der Waals surface area contributed by atoms with E-state index in [2.05, 4.69) is 49.2 Å². The second kappa shape index (κ2) is 8.43. The zero-order valence-electron chi connectivity index (χ0n) is 14.5. The molecule has 1 aliphatic heterocycles. The third-order valence-electron chi connectivity index (χ3n) is 4.63. The quantitative estimate of drug-likeness (QED) is 0.779. The number of nitriles is 1. The smallest absolute Gasteiger partial charge is 0.235 e. The van der Waals surface area contributed by atoms with E-state index in [-0.39, 0.29) is 11.8 Å². The lowest BCUT2D eigenvalue weighted by Crippen LogP contribution is -2.54. The maximum Gasteiger partial charge on any atom is 0.235 e. The van der Waals surface area contributed by atoms with Crippen molar-refractivity contribution in [2.75, 3.05) is 32.7 Å². The molecule has 2 rings (SSSR count). The number of thiophene rings is 1. The largest absolute Gasteiger partial charge is 0.337 e. The molecule has 1 aromatic heterocycles. The Morgan fingerprint density at radius 2 is 2.00 bits per heavy atom. The van der Waals surface area contributed by atoms with E-state index in [9.17, 15) is 10.1 Å². The average Bonchev–Trinajstić information content (AvgIpc) is 2.94. The van der Waals surface area contributed by atoms with Crippen molar-refractivity contribution in [1.82, 2.24) is 15.1 Å². The Hall–Kier alpha value is -0.940. The fraction of sp³-hybridized carbons (Fsp3) is 0.647. The fourth-order valence-corrected chi connectivity index (χ4v) is 4.12. The first kappa shape index (κ1) is 19.4. The lowest BCUT2D eigenvalue weighted by atomic mass is 9.90. The second-order valence-corrected chi connectivity index (χ2v) is 9.32. The third-order valence-corrected chi connectivity index (χ3v) is 6.23. The van der Waals surface area contributed by atoms with Crippen molar-refractivity contribution >= 4 is 33.2 Å². The van der Waals surface area contributed by atoms with Crippen LogP contribution in [-0.4, -0.2) is 54.0 Å². The molecule has 0 bridgehead atoms. The minimum absolute atomic E-state index is 0.0663. The van der Waals surface area contributed by atoms with Crippen LogP contribution in [0, 0.1) is 17.2 Å². The molecule has 1 aliphatic rings. The van der Waals surface area contributed by atoms with Gasteiger partial charge in [-0.25, -0.2) is 0 Å². The monoisotopic (exact) mass is 412 g/mol. The Labute approximate surface area is 156 Å². The molecule has 0 radical (unpaired) electrons. The molecule has 0 unspecified atom stereocenters. The number of carbonyl (C=O) groups is 1. The van der Waals surface area contributed by atoms with Gasteiger partial charge in [-0.1, -0.05) is 13.8 Å². The van der Waals surface area contributed by atoms with Crippen LogP contribution in [0.4, 0.5) is 0 Å². The Bertz CT molecular complexity index is 604. The molecule has 1 atom stereocenters. The molecule has 132 valence electrons. The molecule has 1 N–H and O–H groups in total. The van der Waals surface area contributed by atoms with Gasteiger partial charge in [-0.15, -0.1) is 11.3 Å². The van der Waals surface area contributed by atoms with Crippen LogP contribution in [0.1, 0.15) is 25.6 Å². The van der Waals surface area contributed by atoms with Crippen LogP contribution in [0.25, 0.3) is 0 Å². The van der Waals surface area contributed by atoms with Gasteiger partial charge in [-0.2, -0.15) is 5.26 Å². The zero-order valence-corrected chi connectivity index (χ0v) is 16.9. The molecular weight excluding hydrogens is 388 g/mol. The molecule has 24 heavy (non-hydrogen) atoms. The van der Waals surface area contributed by atoms with Gasteiger partial charge in [0.15, 0.2) is 0 Å². The first-order valence-electron chi connectivity index (χ1n) is 8.23. The van der Waals surface area contributed by atoms with E-state index < -0.39 is 5.54 Å². The van der Waals surface area contributed by atoms with Gasteiger partial charge in [0.2, 0.25) is 5.91 Å². The van der Waals surface area contributed by atoms with E-state index in [1.807, 2.05) is 13.8 Å². The second-order valence-electron chi connectivity index (χ2n) is 6.78. The predicted molar refractivity (Wildman–Crippen MR) is 101 cm³/mol. The summed E-state index contributed by atoms with van der Waals surface area (Å²) in [6.07, 6.45) is 0. The molecular formula is C17H25BrN4OS. The highest BCUT2D eigenvalue weighted by Crippen LogP contribution is 2.23. The highest BCUT2D eigenvalue weighted by Gasteiger charge is 2.30. The lowest BCUT2D eigenvalue weighted by Gasteiger charge is -2.35. The van der Waals surface area contributed by atoms with Crippen molar-refractivity contribution in [2.24, 2.45) is 5.92 Å². The number of amides is 1. The number of nitrogens with zero attached hydrogens (tertiary/aromatic N) is 3. The van der Waals surface area contributed by atoms with Crippen LogP contribution in [0.3, 0.4) is 0 Å². The Morgan fingerprint density at radius 1 is 1.38 bits per heavy atom. The normalized spacial score (nSPS) is 19.0. The maximum atomic E-state index is 12.2. The van der Waals surface area contributed by atoms with Crippen LogP contribution in [0.15, 0.2) is 15.9 Å². The molecule has 0 spiro atoms. The van der Waals surface area contributed by atoms with Crippen LogP contribution < -0.4 is 5.32 Å². The predicted octanol–water partition coefficient (Wildman–Crippen LogP) is 2.68. The topological polar surface area (TPSA) is 59.4 Å². The van der Waals surface area contributed by atoms with Crippen molar-refractivity contribution < 1.29 is 4.79 Å². The highest BCUT2D eigenvalue weighted by molar-refractivity contribution is 9.11. The highest BCUT2D eigenvalue weighted by atomic mass is 79.9. The van der Waals surface area contributed by atoms with Crippen molar-refractivity contribution in [3.63, 3.8) is 0 Å². The Kier molecular flexibility index (Phi) is 6.81. The number of hydrogen-bond acceptors (Lipinski definition) is 5. The summed E-state index contributed by atoms with van der Waals surface area (Å²) in [5, 5.41) is 12.2. The summed E-state index contributed by atoms with van der Waals surface area (Å²) in [5.41, 5.74) is -0.800. The van der Waals surface area contributed by atoms with E-state index >= 15 is 0 Å². The van der Waals surface area contributed by atoms with Crippen molar-refractivity contribution in [3.05, 3.63) is 20.8 Å². The SMILES string of the molecule is CC(C)[C@@](C)(C#N)NC(=O)CN1CCN(Cc2ccc(Br)s2)CC1. The number of nitrogens with one attached hydrogen (secondary N) is 1. The standard InChI is InChI=1S/C17H25BrN4OS/c1-13(2)17(3,12-19)20-16(23)11-22-8-6-21(7-9-22)10-14-4-5-15(18)24-14/h4-5,13H,6-11H2,1-3H3,(H,20,23)/t17-/m1/s1. The van der Waals surface area contributed by atoms with Gasteiger partial charge in [0.05, 0.1) is 16.4 Å². The van der Waals surface area contributed by atoms with Crippen LogP contribution in [0.2, 0.25) is 0 Å². The summed E-state index contributed by atoms with van der Waals surface area (Å²) in [7, 11) is 0. The van der Waals surface area contributed by atoms with Crippen molar-refractivity contribution in [1.29, 1.82) is 5.26 Å². The van der Waals surface area contributed by atoms with Gasteiger partial charge < -0.3 is 5.32 Å². The minimum atomic E-state index is -0.800. The first-order valence-corrected chi connectivity index (χ1v) is 9.84. The number of carbonyl (C=O) groups excluding carboxylic acids is 1. The molecule has 1 amide bonds. The van der Waals surface area contributed by atoms with Crippen molar-refractivity contribution in [2.45, 2.75) is 32.9 Å².